The number of hydrogen-bond donors (Lipinski definition) is 0. The van der Waals surface area contributed by atoms with Crippen molar-refractivity contribution in [3.8, 4) is 0 Å². The molecule has 0 aliphatic heterocycles. The van der Waals surface area contributed by atoms with Crippen molar-refractivity contribution in [1.29, 1.82) is 0 Å². The fourth-order valence-corrected chi connectivity index (χ4v) is 2.70. The normalized spacial score (nSPS) is 13.8. The zero-order chi connectivity index (χ0) is 14.5. The van der Waals surface area contributed by atoms with Crippen LogP contribution in [0.2, 0.25) is 0 Å². The van der Waals surface area contributed by atoms with Gasteiger partial charge in [-0.2, -0.15) is 0 Å². The summed E-state index contributed by atoms with van der Waals surface area (Å²) in [4.78, 5) is 0. The molecule has 1 heteroatoms. The van der Waals surface area contributed by atoms with Crippen LogP contribution < -0.4 is 0 Å². The molecule has 0 saturated heterocycles. The highest BCUT2D eigenvalue weighted by Crippen LogP contribution is 2.18. The lowest BCUT2D eigenvalue weighted by atomic mass is 9.95. The maximum Gasteiger partial charge on any atom is 0.0217 e. The maximum atomic E-state index is 3.43. The summed E-state index contributed by atoms with van der Waals surface area (Å²) in [5, 5.41) is 0.946. The molecule has 0 radical (unpaired) electrons. The van der Waals surface area contributed by atoms with Gasteiger partial charge < -0.3 is 0 Å². The molecule has 0 N–H and O–H groups in total. The smallest absolute Gasteiger partial charge is 0.0217 e. The van der Waals surface area contributed by atoms with E-state index in [1.54, 1.807) is 5.57 Å². The Labute approximate surface area is 129 Å². The molecule has 0 nitrogen and oxygen atoms in total. The third kappa shape index (κ3) is 10.2. The second-order valence-electron chi connectivity index (χ2n) is 5.16. The van der Waals surface area contributed by atoms with Crippen molar-refractivity contribution in [2.45, 2.75) is 66.2 Å². The zero-order valence-electron chi connectivity index (χ0n) is 13.2. The average Bonchev–Trinajstić information content (AvgIpc) is 2.42. The van der Waals surface area contributed by atoms with E-state index in [0.717, 1.165) is 11.2 Å². The molecule has 0 aromatic carbocycles. The summed E-state index contributed by atoms with van der Waals surface area (Å²) >= 11 is 3.43. The standard InChI is InChI=1S/C18H31Br/c1-5-17(6-2)11-9-13-18(7-3)12-8-10-16(4)14-15-19/h8,10-11,14,18H,5-7,9,12-13,15H2,1-4H3. The molecule has 0 aromatic rings. The van der Waals surface area contributed by atoms with E-state index in [-0.39, 0.29) is 0 Å². The Hall–Kier alpha value is -0.300. The third-order valence-electron chi connectivity index (χ3n) is 3.74. The second-order valence-corrected chi connectivity index (χ2v) is 5.81. The molecule has 0 rings (SSSR count). The van der Waals surface area contributed by atoms with Gasteiger partial charge in [-0.05, 0) is 44.9 Å². The first-order chi connectivity index (χ1) is 9.17. The Morgan fingerprint density at radius 1 is 1.11 bits per heavy atom. The summed E-state index contributed by atoms with van der Waals surface area (Å²) in [6, 6.07) is 0. The first-order valence-electron chi connectivity index (χ1n) is 7.74. The van der Waals surface area contributed by atoms with E-state index in [2.05, 4.69) is 67.9 Å². The highest BCUT2D eigenvalue weighted by Gasteiger charge is 2.03. The first kappa shape index (κ1) is 18.7. The van der Waals surface area contributed by atoms with Crippen LogP contribution in [0, 0.1) is 5.92 Å². The molecule has 0 fully saturated rings. The van der Waals surface area contributed by atoms with Crippen molar-refractivity contribution in [1.82, 2.24) is 0 Å². The molecule has 0 spiro atoms. The highest BCUT2D eigenvalue weighted by atomic mass is 79.9. The van der Waals surface area contributed by atoms with Crippen molar-refractivity contribution in [2.24, 2.45) is 5.92 Å². The van der Waals surface area contributed by atoms with E-state index in [1.165, 1.54) is 44.1 Å². The molecule has 1 unspecified atom stereocenters. The van der Waals surface area contributed by atoms with E-state index in [1.807, 2.05) is 0 Å². The third-order valence-corrected chi connectivity index (χ3v) is 4.07. The van der Waals surface area contributed by atoms with Crippen LogP contribution in [0.1, 0.15) is 66.2 Å². The van der Waals surface area contributed by atoms with Crippen molar-refractivity contribution in [3.63, 3.8) is 0 Å². The quantitative estimate of drug-likeness (QED) is 0.234. The topological polar surface area (TPSA) is 0 Å². The van der Waals surface area contributed by atoms with Gasteiger partial charge in [0.1, 0.15) is 0 Å². The van der Waals surface area contributed by atoms with Crippen LogP contribution in [-0.4, -0.2) is 5.33 Å². The van der Waals surface area contributed by atoms with Crippen LogP contribution in [-0.2, 0) is 0 Å². The maximum absolute atomic E-state index is 3.43. The average molecular weight is 327 g/mol. The summed E-state index contributed by atoms with van der Waals surface area (Å²) in [5.41, 5.74) is 2.97. The van der Waals surface area contributed by atoms with Gasteiger partial charge in [-0.1, -0.05) is 78.6 Å². The minimum atomic E-state index is 0.833. The van der Waals surface area contributed by atoms with Gasteiger partial charge in [-0.15, -0.1) is 0 Å². The van der Waals surface area contributed by atoms with Gasteiger partial charge in [0.15, 0.2) is 0 Å². The second kappa shape index (κ2) is 12.7. The van der Waals surface area contributed by atoms with Gasteiger partial charge in [0.25, 0.3) is 0 Å². The van der Waals surface area contributed by atoms with Gasteiger partial charge >= 0.3 is 0 Å². The number of rotatable bonds is 10. The van der Waals surface area contributed by atoms with Crippen molar-refractivity contribution in [2.75, 3.05) is 5.33 Å². The lowest BCUT2D eigenvalue weighted by Crippen LogP contribution is -1.96. The molecule has 0 aliphatic rings. The van der Waals surface area contributed by atoms with Gasteiger partial charge in [-0.25, -0.2) is 0 Å². The molecule has 0 amide bonds. The minimum Gasteiger partial charge on any atom is -0.0883 e. The Balaban J connectivity index is 4.09. The van der Waals surface area contributed by atoms with Gasteiger partial charge in [-0.3, -0.25) is 0 Å². The Bertz CT molecular complexity index is 291. The van der Waals surface area contributed by atoms with Crippen LogP contribution in [0.5, 0.6) is 0 Å². The number of allylic oxidation sites excluding steroid dienone is 6. The van der Waals surface area contributed by atoms with Gasteiger partial charge in [0.05, 0.1) is 0 Å². The van der Waals surface area contributed by atoms with E-state index >= 15 is 0 Å². The Morgan fingerprint density at radius 2 is 1.79 bits per heavy atom. The monoisotopic (exact) mass is 326 g/mol. The molecule has 0 aliphatic carbocycles. The summed E-state index contributed by atoms with van der Waals surface area (Å²) in [6.45, 7) is 8.99. The SMILES string of the molecule is CCC(=CCCC(CC)CC=CC(C)=CCBr)CC. The molecule has 110 valence electrons. The van der Waals surface area contributed by atoms with E-state index < -0.39 is 0 Å². The lowest BCUT2D eigenvalue weighted by Gasteiger charge is -2.11. The Morgan fingerprint density at radius 3 is 2.32 bits per heavy atom. The zero-order valence-corrected chi connectivity index (χ0v) is 14.8. The predicted molar refractivity (Wildman–Crippen MR) is 93.0 cm³/mol. The fourth-order valence-electron chi connectivity index (χ4n) is 2.19. The van der Waals surface area contributed by atoms with Crippen LogP contribution in [0.4, 0.5) is 0 Å². The molecule has 19 heavy (non-hydrogen) atoms. The van der Waals surface area contributed by atoms with Crippen LogP contribution in [0.15, 0.2) is 35.5 Å². The van der Waals surface area contributed by atoms with Crippen molar-refractivity contribution in [3.05, 3.63) is 35.5 Å². The highest BCUT2D eigenvalue weighted by molar-refractivity contribution is 9.09. The molecule has 0 aromatic heterocycles. The number of hydrogen-bond acceptors (Lipinski definition) is 0. The molecule has 0 saturated carbocycles. The molecule has 1 atom stereocenters. The van der Waals surface area contributed by atoms with Crippen LogP contribution in [0.25, 0.3) is 0 Å². The predicted octanol–water partition coefficient (Wildman–Crippen LogP) is 6.83. The molecule has 0 heterocycles. The first-order valence-corrected chi connectivity index (χ1v) is 8.87. The minimum absolute atomic E-state index is 0.833. The van der Waals surface area contributed by atoms with E-state index in [4.69, 9.17) is 0 Å². The van der Waals surface area contributed by atoms with E-state index in [0.29, 0.717) is 0 Å². The number of alkyl halides is 1. The summed E-state index contributed by atoms with van der Waals surface area (Å²) in [7, 11) is 0. The fraction of sp³-hybridized carbons (Fsp3) is 0.667. The largest absolute Gasteiger partial charge is 0.0883 e. The van der Waals surface area contributed by atoms with Crippen LogP contribution >= 0.6 is 15.9 Å². The van der Waals surface area contributed by atoms with Crippen molar-refractivity contribution < 1.29 is 0 Å². The molecular formula is C18H31Br. The molecule has 0 bridgehead atoms. The summed E-state index contributed by atoms with van der Waals surface area (Å²) < 4.78 is 0. The van der Waals surface area contributed by atoms with Gasteiger partial charge in [0, 0.05) is 5.33 Å². The lowest BCUT2D eigenvalue weighted by molar-refractivity contribution is 0.480. The molecular weight excluding hydrogens is 296 g/mol. The van der Waals surface area contributed by atoms with E-state index in [9.17, 15) is 0 Å². The summed E-state index contributed by atoms with van der Waals surface area (Å²) in [5.74, 6) is 0.833. The Kier molecular flexibility index (Phi) is 12.5. The number of halogens is 1. The van der Waals surface area contributed by atoms with Crippen molar-refractivity contribution >= 4 is 15.9 Å². The summed E-state index contributed by atoms with van der Waals surface area (Å²) in [6.07, 6.45) is 16.8. The van der Waals surface area contributed by atoms with Crippen LogP contribution in [0.3, 0.4) is 0 Å². The van der Waals surface area contributed by atoms with Gasteiger partial charge in [0.2, 0.25) is 0 Å².